The van der Waals surface area contributed by atoms with Crippen LogP contribution in [0.2, 0.25) is 0 Å². The van der Waals surface area contributed by atoms with Gasteiger partial charge in [0.2, 0.25) is 0 Å². The first-order valence-corrected chi connectivity index (χ1v) is 5.02. The number of halogens is 1. The van der Waals surface area contributed by atoms with Crippen molar-refractivity contribution in [1.82, 2.24) is 4.90 Å². The molecule has 76 valence electrons. The Labute approximate surface area is 91.0 Å². The van der Waals surface area contributed by atoms with E-state index in [1.54, 1.807) is 0 Å². The van der Waals surface area contributed by atoms with Crippen LogP contribution in [0.3, 0.4) is 0 Å². The Kier molecular flexibility index (Phi) is 3.73. The zero-order chi connectivity index (χ0) is 10.6. The standard InChI is InChI=1S/C12H16ClN/c1-4-10-12(13,14(2)3)11-8-6-5-7-9-11/h4-9H,1,10H2,2-3H3. The molecule has 0 heterocycles. The highest BCUT2D eigenvalue weighted by molar-refractivity contribution is 6.23. The molecule has 0 saturated carbocycles. The quantitative estimate of drug-likeness (QED) is 0.418. The maximum Gasteiger partial charge on any atom is 0.124 e. The van der Waals surface area contributed by atoms with E-state index in [4.69, 9.17) is 11.6 Å². The normalized spacial score (nSPS) is 15.1. The molecule has 0 spiro atoms. The molecule has 14 heavy (non-hydrogen) atoms. The molecule has 0 N–H and O–H groups in total. The molecule has 1 nitrogen and oxygen atoms in total. The Hall–Kier alpha value is -0.790. The van der Waals surface area contributed by atoms with Crippen LogP contribution < -0.4 is 0 Å². The van der Waals surface area contributed by atoms with Crippen LogP contribution in [0.15, 0.2) is 43.0 Å². The first kappa shape index (κ1) is 11.3. The van der Waals surface area contributed by atoms with Crippen LogP contribution in [0.25, 0.3) is 0 Å². The fourth-order valence-corrected chi connectivity index (χ4v) is 1.68. The molecule has 1 unspecified atom stereocenters. The zero-order valence-corrected chi connectivity index (χ0v) is 9.46. The van der Waals surface area contributed by atoms with Gasteiger partial charge in [0.1, 0.15) is 5.00 Å². The summed E-state index contributed by atoms with van der Waals surface area (Å²) >= 11 is 6.55. The van der Waals surface area contributed by atoms with E-state index in [-0.39, 0.29) is 0 Å². The van der Waals surface area contributed by atoms with Crippen LogP contribution in [-0.4, -0.2) is 19.0 Å². The van der Waals surface area contributed by atoms with Crippen molar-refractivity contribution >= 4 is 11.6 Å². The molecule has 0 fully saturated rings. The van der Waals surface area contributed by atoms with Gasteiger partial charge in [-0.2, -0.15) is 0 Å². The maximum absolute atomic E-state index is 6.55. The summed E-state index contributed by atoms with van der Waals surface area (Å²) in [6.45, 7) is 3.74. The lowest BCUT2D eigenvalue weighted by molar-refractivity contribution is 0.253. The predicted molar refractivity (Wildman–Crippen MR) is 62.5 cm³/mol. The lowest BCUT2D eigenvalue weighted by Crippen LogP contribution is -2.35. The van der Waals surface area contributed by atoms with Crippen molar-refractivity contribution in [2.45, 2.75) is 11.4 Å². The van der Waals surface area contributed by atoms with E-state index < -0.39 is 5.00 Å². The first-order chi connectivity index (χ1) is 6.61. The Morgan fingerprint density at radius 1 is 1.36 bits per heavy atom. The van der Waals surface area contributed by atoms with Crippen molar-refractivity contribution in [2.24, 2.45) is 0 Å². The topological polar surface area (TPSA) is 3.24 Å². The summed E-state index contributed by atoms with van der Waals surface area (Å²) < 4.78 is 0. The molecule has 0 aromatic heterocycles. The van der Waals surface area contributed by atoms with Crippen molar-refractivity contribution in [2.75, 3.05) is 14.1 Å². The lowest BCUT2D eigenvalue weighted by Gasteiger charge is -2.33. The van der Waals surface area contributed by atoms with Gasteiger partial charge in [-0.3, -0.25) is 4.90 Å². The highest BCUT2D eigenvalue weighted by Crippen LogP contribution is 2.34. The van der Waals surface area contributed by atoms with E-state index in [9.17, 15) is 0 Å². The molecule has 0 saturated heterocycles. The van der Waals surface area contributed by atoms with Crippen LogP contribution in [0, 0.1) is 0 Å². The number of alkyl halides is 1. The fraction of sp³-hybridized carbons (Fsp3) is 0.333. The van der Waals surface area contributed by atoms with Gasteiger partial charge in [0.25, 0.3) is 0 Å². The van der Waals surface area contributed by atoms with E-state index in [0.29, 0.717) is 0 Å². The largest absolute Gasteiger partial charge is 0.287 e. The molecular formula is C12H16ClN. The Morgan fingerprint density at radius 2 is 1.93 bits per heavy atom. The number of hydrogen-bond acceptors (Lipinski definition) is 1. The lowest BCUT2D eigenvalue weighted by atomic mass is 10.0. The van der Waals surface area contributed by atoms with Crippen LogP contribution in [0.1, 0.15) is 12.0 Å². The van der Waals surface area contributed by atoms with E-state index in [2.05, 4.69) is 6.58 Å². The van der Waals surface area contributed by atoms with Gasteiger partial charge in [0, 0.05) is 6.42 Å². The van der Waals surface area contributed by atoms with E-state index >= 15 is 0 Å². The minimum atomic E-state index is -0.469. The Balaban J connectivity index is 3.05. The third kappa shape index (κ3) is 2.17. The second-order valence-electron chi connectivity index (χ2n) is 3.51. The summed E-state index contributed by atoms with van der Waals surface area (Å²) in [4.78, 5) is 1.54. The van der Waals surface area contributed by atoms with Crippen molar-refractivity contribution < 1.29 is 0 Å². The molecule has 1 rings (SSSR count). The van der Waals surface area contributed by atoms with Crippen molar-refractivity contribution in [1.29, 1.82) is 0 Å². The molecule has 2 heteroatoms. The van der Waals surface area contributed by atoms with Crippen LogP contribution >= 0.6 is 11.6 Å². The second-order valence-corrected chi connectivity index (χ2v) is 4.14. The highest BCUT2D eigenvalue weighted by Gasteiger charge is 2.30. The molecule has 0 aliphatic carbocycles. The van der Waals surface area contributed by atoms with Crippen molar-refractivity contribution in [3.8, 4) is 0 Å². The number of rotatable bonds is 4. The maximum atomic E-state index is 6.55. The van der Waals surface area contributed by atoms with Gasteiger partial charge >= 0.3 is 0 Å². The number of benzene rings is 1. The summed E-state index contributed by atoms with van der Waals surface area (Å²) in [6.07, 6.45) is 2.57. The smallest absolute Gasteiger partial charge is 0.124 e. The van der Waals surface area contributed by atoms with Gasteiger partial charge in [-0.15, -0.1) is 6.58 Å². The van der Waals surface area contributed by atoms with Crippen molar-refractivity contribution in [3.05, 3.63) is 48.6 Å². The average molecular weight is 210 g/mol. The van der Waals surface area contributed by atoms with Crippen LogP contribution in [-0.2, 0) is 5.00 Å². The molecule has 0 amide bonds. The summed E-state index contributed by atoms with van der Waals surface area (Å²) in [5, 5.41) is 0. The predicted octanol–water partition coefficient (Wildman–Crippen LogP) is 3.22. The van der Waals surface area contributed by atoms with Crippen LogP contribution in [0.5, 0.6) is 0 Å². The minimum Gasteiger partial charge on any atom is -0.287 e. The summed E-state index contributed by atoms with van der Waals surface area (Å²) in [5.74, 6) is 0. The average Bonchev–Trinajstić information content (AvgIpc) is 2.19. The number of nitrogens with zero attached hydrogens (tertiary/aromatic N) is 1. The monoisotopic (exact) mass is 209 g/mol. The molecule has 1 aromatic rings. The first-order valence-electron chi connectivity index (χ1n) is 4.64. The molecular weight excluding hydrogens is 194 g/mol. The SMILES string of the molecule is C=CCC(Cl)(c1ccccc1)N(C)C. The van der Waals surface area contributed by atoms with Gasteiger partial charge in [0.05, 0.1) is 0 Å². The molecule has 0 aliphatic rings. The fourth-order valence-electron chi connectivity index (χ4n) is 1.44. The third-order valence-electron chi connectivity index (χ3n) is 2.34. The molecule has 0 aliphatic heterocycles. The van der Waals surface area contributed by atoms with Gasteiger partial charge in [0.15, 0.2) is 0 Å². The van der Waals surface area contributed by atoms with Crippen LogP contribution in [0.4, 0.5) is 0 Å². The third-order valence-corrected chi connectivity index (χ3v) is 3.05. The highest BCUT2D eigenvalue weighted by atomic mass is 35.5. The van der Waals surface area contributed by atoms with E-state index in [0.717, 1.165) is 12.0 Å². The van der Waals surface area contributed by atoms with E-state index in [1.165, 1.54) is 0 Å². The molecule has 0 bridgehead atoms. The zero-order valence-electron chi connectivity index (χ0n) is 8.70. The van der Waals surface area contributed by atoms with Crippen molar-refractivity contribution in [3.63, 3.8) is 0 Å². The second kappa shape index (κ2) is 4.63. The summed E-state index contributed by atoms with van der Waals surface area (Å²) in [5.41, 5.74) is 1.10. The Bertz CT molecular complexity index is 294. The molecule has 0 radical (unpaired) electrons. The summed E-state index contributed by atoms with van der Waals surface area (Å²) in [6, 6.07) is 10.1. The van der Waals surface area contributed by atoms with Gasteiger partial charge < -0.3 is 0 Å². The summed E-state index contributed by atoms with van der Waals surface area (Å²) in [7, 11) is 3.95. The molecule has 1 atom stereocenters. The number of hydrogen-bond donors (Lipinski definition) is 0. The minimum absolute atomic E-state index is 0.469. The Morgan fingerprint density at radius 3 is 2.36 bits per heavy atom. The van der Waals surface area contributed by atoms with Gasteiger partial charge in [-0.1, -0.05) is 48.0 Å². The van der Waals surface area contributed by atoms with Gasteiger partial charge in [-0.25, -0.2) is 0 Å². The van der Waals surface area contributed by atoms with E-state index in [1.807, 2.05) is 55.4 Å². The molecule has 1 aromatic carbocycles. The van der Waals surface area contributed by atoms with Gasteiger partial charge in [-0.05, 0) is 19.7 Å².